The van der Waals surface area contributed by atoms with Gasteiger partial charge in [-0.25, -0.2) is 16.8 Å². The predicted molar refractivity (Wildman–Crippen MR) is 156 cm³/mol. The Hall–Kier alpha value is -2.63. The number of carbonyl (C=O) groups is 1. The summed E-state index contributed by atoms with van der Waals surface area (Å²) < 4.78 is 84.8. The Labute approximate surface area is 245 Å². The van der Waals surface area contributed by atoms with Gasteiger partial charge in [0.15, 0.2) is 5.28 Å². The lowest BCUT2D eigenvalue weighted by Crippen LogP contribution is -2.49. The molecule has 0 amide bonds. The quantitative estimate of drug-likeness (QED) is 0.265. The summed E-state index contributed by atoms with van der Waals surface area (Å²) in [5.41, 5.74) is -0.262. The normalized spacial score (nSPS) is 17.9. The van der Waals surface area contributed by atoms with Crippen LogP contribution in [0.5, 0.6) is 0 Å². The smallest absolute Gasteiger partial charge is 0.304 e. The highest BCUT2D eigenvalue weighted by atomic mass is 35.5. The van der Waals surface area contributed by atoms with E-state index in [4.69, 9.17) is 20.6 Å². The number of halogens is 1. The van der Waals surface area contributed by atoms with Crippen LogP contribution >= 0.6 is 19.2 Å². The van der Waals surface area contributed by atoms with Crippen LogP contribution in [0.4, 0.5) is 0 Å². The van der Waals surface area contributed by atoms with Crippen LogP contribution in [0.2, 0.25) is 5.02 Å². The second kappa shape index (κ2) is 11.6. The van der Waals surface area contributed by atoms with Crippen molar-refractivity contribution in [2.45, 2.75) is 55.0 Å². The lowest BCUT2D eigenvalue weighted by molar-refractivity contribution is 0.103. The lowest BCUT2D eigenvalue weighted by atomic mass is 9.92. The first-order valence-corrected chi connectivity index (χ1v) is 17.5. The standard InChI is InChI=1S/C28H29ClNO8PS2/c1-19(2)37-39(32,38-20(3)4)28(30-41(35,36)23-10-6-5-7-11-23)18-26(27(31)24-12-8-9-13-25(24)28)40(33,34)22-16-14-21(29)15-17-22/h5-20,30H,1-4H3. The zero-order chi connectivity index (χ0) is 30.2. The molecule has 0 heterocycles. The van der Waals surface area contributed by atoms with Crippen molar-refractivity contribution in [3.63, 3.8) is 0 Å². The van der Waals surface area contributed by atoms with E-state index in [0.29, 0.717) is 0 Å². The van der Waals surface area contributed by atoms with Gasteiger partial charge >= 0.3 is 7.60 Å². The van der Waals surface area contributed by atoms with Crippen molar-refractivity contribution in [1.82, 2.24) is 4.72 Å². The lowest BCUT2D eigenvalue weighted by Gasteiger charge is -2.42. The molecule has 3 aromatic rings. The maximum absolute atomic E-state index is 15.0. The number of rotatable bonds is 10. The number of hydrogen-bond acceptors (Lipinski definition) is 8. The Morgan fingerprint density at radius 2 is 1.32 bits per heavy atom. The zero-order valence-electron chi connectivity index (χ0n) is 22.6. The number of fused-ring (bicyclic) bond motifs is 1. The van der Waals surface area contributed by atoms with Crippen molar-refractivity contribution in [2.75, 3.05) is 0 Å². The number of allylic oxidation sites excluding steroid dienone is 1. The SMILES string of the molecule is CC(C)OP(=O)(OC(C)C)C1(NS(=O)(=O)c2ccccc2)C=C(S(=O)(=O)c2ccc(Cl)cc2)C(=O)c2ccccc21. The summed E-state index contributed by atoms with van der Waals surface area (Å²) in [6, 6.07) is 18.1. The molecule has 218 valence electrons. The summed E-state index contributed by atoms with van der Waals surface area (Å²) in [5.74, 6) is -0.911. The molecule has 0 saturated heterocycles. The molecule has 0 aliphatic heterocycles. The summed E-state index contributed by atoms with van der Waals surface area (Å²) in [7, 11) is -13.8. The van der Waals surface area contributed by atoms with E-state index in [1.54, 1.807) is 33.8 Å². The molecule has 41 heavy (non-hydrogen) atoms. The Balaban J connectivity index is 2.13. The van der Waals surface area contributed by atoms with E-state index in [1.165, 1.54) is 72.8 Å². The van der Waals surface area contributed by atoms with Crippen molar-refractivity contribution in [3.05, 3.63) is 106 Å². The third kappa shape index (κ3) is 5.99. The number of benzene rings is 3. The summed E-state index contributed by atoms with van der Waals surface area (Å²) in [5, 5.41) is -2.20. The van der Waals surface area contributed by atoms with Gasteiger partial charge in [-0.1, -0.05) is 54.1 Å². The molecule has 0 spiro atoms. The number of nitrogens with one attached hydrogen (secondary N) is 1. The van der Waals surface area contributed by atoms with Crippen molar-refractivity contribution in [2.24, 2.45) is 0 Å². The van der Waals surface area contributed by atoms with Crippen LogP contribution in [-0.4, -0.2) is 34.8 Å². The number of Topliss-reactive ketones (excluding diaryl/α,β-unsaturated/α-hetero) is 1. The predicted octanol–water partition coefficient (Wildman–Crippen LogP) is 6.07. The molecule has 1 aliphatic rings. The molecule has 4 rings (SSSR count). The van der Waals surface area contributed by atoms with Gasteiger partial charge in [0.05, 0.1) is 22.0 Å². The minimum Gasteiger partial charge on any atom is -0.304 e. The van der Waals surface area contributed by atoms with E-state index in [-0.39, 0.29) is 25.9 Å². The molecule has 0 fully saturated rings. The molecule has 3 aromatic carbocycles. The topological polar surface area (TPSA) is 133 Å². The fourth-order valence-corrected chi connectivity index (χ4v) is 10.3. The highest BCUT2D eigenvalue weighted by Gasteiger charge is 2.59. The number of sulfone groups is 1. The fraction of sp³-hybridized carbons (Fsp3) is 0.250. The molecule has 0 radical (unpaired) electrons. The maximum Gasteiger partial charge on any atom is 0.360 e. The van der Waals surface area contributed by atoms with Gasteiger partial charge in [-0.15, -0.1) is 0 Å². The largest absolute Gasteiger partial charge is 0.360 e. The van der Waals surface area contributed by atoms with Gasteiger partial charge in [0, 0.05) is 16.1 Å². The highest BCUT2D eigenvalue weighted by molar-refractivity contribution is 7.96. The average Bonchev–Trinajstić information content (AvgIpc) is 2.90. The molecule has 1 N–H and O–H groups in total. The van der Waals surface area contributed by atoms with E-state index in [2.05, 4.69) is 4.72 Å². The van der Waals surface area contributed by atoms with Crippen molar-refractivity contribution in [1.29, 1.82) is 0 Å². The average molecular weight is 638 g/mol. The van der Waals surface area contributed by atoms with E-state index in [1.807, 2.05) is 0 Å². The number of sulfonamides is 1. The van der Waals surface area contributed by atoms with E-state index < -0.39 is 55.6 Å². The van der Waals surface area contributed by atoms with Crippen LogP contribution in [0, 0.1) is 0 Å². The van der Waals surface area contributed by atoms with Gasteiger partial charge < -0.3 is 9.05 Å². The highest BCUT2D eigenvalue weighted by Crippen LogP contribution is 2.68. The van der Waals surface area contributed by atoms with Crippen LogP contribution in [0.25, 0.3) is 0 Å². The van der Waals surface area contributed by atoms with Crippen molar-refractivity contribution >= 4 is 44.8 Å². The Morgan fingerprint density at radius 3 is 1.88 bits per heavy atom. The van der Waals surface area contributed by atoms with Crippen LogP contribution in [0.3, 0.4) is 0 Å². The molecule has 0 aromatic heterocycles. The van der Waals surface area contributed by atoms with E-state index >= 15 is 4.57 Å². The Bertz CT molecular complexity index is 1740. The van der Waals surface area contributed by atoms with Gasteiger partial charge in [-0.2, -0.15) is 4.72 Å². The molecule has 0 saturated carbocycles. The maximum atomic E-state index is 15.0. The molecule has 13 heteroatoms. The summed E-state index contributed by atoms with van der Waals surface area (Å²) in [4.78, 5) is 12.5. The van der Waals surface area contributed by atoms with E-state index in [9.17, 15) is 21.6 Å². The third-order valence-electron chi connectivity index (χ3n) is 6.03. The van der Waals surface area contributed by atoms with Crippen molar-refractivity contribution in [3.8, 4) is 0 Å². The minimum absolute atomic E-state index is 0.0794. The van der Waals surface area contributed by atoms with Crippen LogP contribution < -0.4 is 4.72 Å². The molecule has 1 unspecified atom stereocenters. The first-order chi connectivity index (χ1) is 19.1. The van der Waals surface area contributed by atoms with E-state index in [0.717, 1.165) is 6.08 Å². The first-order valence-electron chi connectivity index (χ1n) is 12.6. The minimum atomic E-state index is -4.72. The zero-order valence-corrected chi connectivity index (χ0v) is 25.9. The number of carbonyl (C=O) groups excluding carboxylic acids is 1. The van der Waals surface area contributed by atoms with Crippen LogP contribution in [0.15, 0.2) is 99.6 Å². The Kier molecular flexibility index (Phi) is 8.83. The molecular formula is C28H29ClNO8PS2. The van der Waals surface area contributed by atoms with Gasteiger partial charge in [0.1, 0.15) is 4.91 Å². The Morgan fingerprint density at radius 1 is 0.780 bits per heavy atom. The molecular weight excluding hydrogens is 609 g/mol. The second-order valence-electron chi connectivity index (χ2n) is 9.83. The summed E-state index contributed by atoms with van der Waals surface area (Å²) in [6.45, 7) is 6.30. The molecule has 9 nitrogen and oxygen atoms in total. The first kappa shape index (κ1) is 31.3. The third-order valence-corrected chi connectivity index (χ3v) is 12.4. The van der Waals surface area contributed by atoms with Crippen LogP contribution in [-0.2, 0) is 38.8 Å². The summed E-state index contributed by atoms with van der Waals surface area (Å²) in [6.07, 6.45) is -0.660. The number of ketones is 1. The number of hydrogen-bond donors (Lipinski definition) is 1. The summed E-state index contributed by atoms with van der Waals surface area (Å²) >= 11 is 5.95. The van der Waals surface area contributed by atoms with Gasteiger partial charge in [-0.3, -0.25) is 9.36 Å². The fourth-order valence-electron chi connectivity index (χ4n) is 4.40. The van der Waals surface area contributed by atoms with Crippen molar-refractivity contribution < 1.29 is 35.2 Å². The van der Waals surface area contributed by atoms with Gasteiger partial charge in [0.25, 0.3) is 0 Å². The van der Waals surface area contributed by atoms with Crippen LogP contribution in [0.1, 0.15) is 43.6 Å². The monoisotopic (exact) mass is 637 g/mol. The molecule has 0 bridgehead atoms. The van der Waals surface area contributed by atoms with Gasteiger partial charge in [-0.05, 0) is 70.2 Å². The second-order valence-corrected chi connectivity index (χ2v) is 16.0. The molecule has 1 aliphatic carbocycles. The van der Waals surface area contributed by atoms with Gasteiger partial charge in [0.2, 0.25) is 25.6 Å². The molecule has 1 atom stereocenters.